The zero-order valence-electron chi connectivity index (χ0n) is 18.1. The Bertz CT molecular complexity index is 885. The van der Waals surface area contributed by atoms with E-state index in [1.165, 1.54) is 0 Å². The molecule has 0 aliphatic heterocycles. The average Bonchev–Trinajstić information content (AvgIpc) is 2.76. The predicted octanol–water partition coefficient (Wildman–Crippen LogP) is 3.85. The molecule has 0 spiro atoms. The van der Waals surface area contributed by atoms with Gasteiger partial charge in [0.2, 0.25) is 0 Å². The fraction of sp³-hybridized carbons (Fsp3) is 0.348. The molecular formula is C23H29N3O4S. The number of hydrazine groups is 1. The molecule has 2 aromatic carbocycles. The van der Waals surface area contributed by atoms with E-state index < -0.39 is 11.8 Å². The monoisotopic (exact) mass is 443 g/mol. The van der Waals surface area contributed by atoms with Crippen LogP contribution in [0.25, 0.3) is 0 Å². The standard InChI is InChI=1S/C23H29N3O4S/c1-4-14-30-20-8-6-5-7-19(20)22(28)25-26-23(31)24-21(27)17-9-11-18(12-10-17)29-15-13-16(2)3/h5-12,16H,4,13-15H2,1-3H3,(H,25,28)(H2,24,26,27,31). The molecule has 0 atom stereocenters. The minimum Gasteiger partial charge on any atom is -0.494 e. The Morgan fingerprint density at radius 2 is 1.65 bits per heavy atom. The SMILES string of the molecule is CCCOc1ccccc1C(=O)NNC(=S)NC(=O)c1ccc(OCCC(C)C)cc1. The lowest BCUT2D eigenvalue weighted by Gasteiger charge is -2.13. The van der Waals surface area contributed by atoms with Crippen LogP contribution in [0.15, 0.2) is 48.5 Å². The minimum atomic E-state index is -0.425. The van der Waals surface area contributed by atoms with Crippen molar-refractivity contribution in [2.45, 2.75) is 33.6 Å². The van der Waals surface area contributed by atoms with Gasteiger partial charge in [-0.2, -0.15) is 0 Å². The van der Waals surface area contributed by atoms with Gasteiger partial charge in [0.25, 0.3) is 11.8 Å². The molecular weight excluding hydrogens is 414 g/mol. The van der Waals surface area contributed by atoms with Gasteiger partial charge in [0.1, 0.15) is 11.5 Å². The summed E-state index contributed by atoms with van der Waals surface area (Å²) in [5.41, 5.74) is 5.79. The second kappa shape index (κ2) is 12.5. The number of benzene rings is 2. The molecule has 0 bridgehead atoms. The molecule has 8 heteroatoms. The first-order chi connectivity index (χ1) is 14.9. The molecule has 166 valence electrons. The van der Waals surface area contributed by atoms with Gasteiger partial charge in [0, 0.05) is 5.56 Å². The molecule has 2 aromatic rings. The van der Waals surface area contributed by atoms with Gasteiger partial charge >= 0.3 is 0 Å². The minimum absolute atomic E-state index is 0.0254. The van der Waals surface area contributed by atoms with E-state index >= 15 is 0 Å². The number of hydrogen-bond acceptors (Lipinski definition) is 5. The molecule has 2 rings (SSSR count). The number of hydrogen-bond donors (Lipinski definition) is 3. The Hall–Kier alpha value is -3.13. The van der Waals surface area contributed by atoms with E-state index in [-0.39, 0.29) is 5.11 Å². The van der Waals surface area contributed by atoms with Gasteiger partial charge < -0.3 is 9.47 Å². The number of amides is 2. The van der Waals surface area contributed by atoms with Crippen molar-refractivity contribution in [2.24, 2.45) is 5.92 Å². The quantitative estimate of drug-likeness (QED) is 0.403. The maximum atomic E-state index is 12.4. The Labute approximate surface area is 188 Å². The number of nitrogens with one attached hydrogen (secondary N) is 3. The van der Waals surface area contributed by atoms with Crippen molar-refractivity contribution in [3.05, 3.63) is 59.7 Å². The number of thiocarbonyl (C=S) groups is 1. The van der Waals surface area contributed by atoms with E-state index in [2.05, 4.69) is 30.0 Å². The van der Waals surface area contributed by atoms with Crippen LogP contribution in [0.1, 0.15) is 54.3 Å². The van der Waals surface area contributed by atoms with E-state index in [4.69, 9.17) is 21.7 Å². The van der Waals surface area contributed by atoms with Crippen molar-refractivity contribution in [1.82, 2.24) is 16.2 Å². The highest BCUT2D eigenvalue weighted by atomic mass is 32.1. The number of carbonyl (C=O) groups is 2. The van der Waals surface area contributed by atoms with Crippen molar-refractivity contribution < 1.29 is 19.1 Å². The lowest BCUT2D eigenvalue weighted by atomic mass is 10.1. The summed E-state index contributed by atoms with van der Waals surface area (Å²) < 4.78 is 11.2. The van der Waals surface area contributed by atoms with Gasteiger partial charge in [-0.05, 0) is 67.4 Å². The van der Waals surface area contributed by atoms with E-state index in [0.29, 0.717) is 41.8 Å². The molecule has 0 saturated carbocycles. The molecule has 0 radical (unpaired) electrons. The molecule has 0 aliphatic carbocycles. The molecule has 0 fully saturated rings. The van der Waals surface area contributed by atoms with Crippen LogP contribution in [0.5, 0.6) is 11.5 Å². The number of para-hydroxylation sites is 1. The van der Waals surface area contributed by atoms with Crippen LogP contribution in [0, 0.1) is 5.92 Å². The molecule has 31 heavy (non-hydrogen) atoms. The van der Waals surface area contributed by atoms with Crippen molar-refractivity contribution in [3.8, 4) is 11.5 Å². The summed E-state index contributed by atoms with van der Waals surface area (Å²) in [6.07, 6.45) is 1.79. The smallest absolute Gasteiger partial charge is 0.273 e. The Kier molecular flexibility index (Phi) is 9.77. The lowest BCUT2D eigenvalue weighted by molar-refractivity contribution is 0.0931. The first-order valence-electron chi connectivity index (χ1n) is 10.3. The van der Waals surface area contributed by atoms with Crippen LogP contribution >= 0.6 is 12.2 Å². The summed E-state index contributed by atoms with van der Waals surface area (Å²) in [4.78, 5) is 24.8. The average molecular weight is 444 g/mol. The Morgan fingerprint density at radius 3 is 2.32 bits per heavy atom. The maximum Gasteiger partial charge on any atom is 0.273 e. The second-order valence-electron chi connectivity index (χ2n) is 7.26. The normalized spacial score (nSPS) is 10.3. The molecule has 0 heterocycles. The van der Waals surface area contributed by atoms with Gasteiger partial charge in [-0.15, -0.1) is 0 Å². The molecule has 0 aliphatic rings. The Morgan fingerprint density at radius 1 is 0.935 bits per heavy atom. The van der Waals surface area contributed by atoms with Crippen LogP contribution < -0.4 is 25.6 Å². The van der Waals surface area contributed by atoms with Crippen molar-refractivity contribution in [2.75, 3.05) is 13.2 Å². The number of rotatable bonds is 9. The third-order valence-corrected chi connectivity index (χ3v) is 4.39. The van der Waals surface area contributed by atoms with E-state index in [1.54, 1.807) is 48.5 Å². The van der Waals surface area contributed by atoms with Crippen LogP contribution in [-0.4, -0.2) is 30.1 Å². The third-order valence-electron chi connectivity index (χ3n) is 4.19. The molecule has 0 saturated heterocycles. The fourth-order valence-electron chi connectivity index (χ4n) is 2.49. The maximum absolute atomic E-state index is 12.4. The topological polar surface area (TPSA) is 88.7 Å². The number of ether oxygens (including phenoxy) is 2. The summed E-state index contributed by atoms with van der Waals surface area (Å²) in [7, 11) is 0. The summed E-state index contributed by atoms with van der Waals surface area (Å²) in [5.74, 6) is 0.929. The first-order valence-corrected chi connectivity index (χ1v) is 10.7. The van der Waals surface area contributed by atoms with Crippen molar-refractivity contribution in [3.63, 3.8) is 0 Å². The van der Waals surface area contributed by atoms with Crippen LogP contribution in [0.2, 0.25) is 0 Å². The van der Waals surface area contributed by atoms with Crippen molar-refractivity contribution >= 4 is 29.1 Å². The first kappa shape index (κ1) is 24.1. The van der Waals surface area contributed by atoms with Gasteiger partial charge in [0.05, 0.1) is 18.8 Å². The highest BCUT2D eigenvalue weighted by molar-refractivity contribution is 7.80. The zero-order chi connectivity index (χ0) is 22.6. The molecule has 3 N–H and O–H groups in total. The second-order valence-corrected chi connectivity index (χ2v) is 7.67. The van der Waals surface area contributed by atoms with Gasteiger partial charge in [-0.3, -0.25) is 25.8 Å². The van der Waals surface area contributed by atoms with E-state index in [9.17, 15) is 9.59 Å². The molecule has 2 amide bonds. The van der Waals surface area contributed by atoms with Gasteiger partial charge in [-0.25, -0.2) is 0 Å². The number of carbonyl (C=O) groups excluding carboxylic acids is 2. The highest BCUT2D eigenvalue weighted by Crippen LogP contribution is 2.18. The molecule has 0 aromatic heterocycles. The molecule has 7 nitrogen and oxygen atoms in total. The van der Waals surface area contributed by atoms with Crippen LogP contribution in [0.4, 0.5) is 0 Å². The lowest BCUT2D eigenvalue weighted by Crippen LogP contribution is -2.48. The van der Waals surface area contributed by atoms with E-state index in [1.807, 2.05) is 6.92 Å². The fourth-order valence-corrected chi connectivity index (χ4v) is 2.64. The summed E-state index contributed by atoms with van der Waals surface area (Å²) in [6.45, 7) is 7.39. The van der Waals surface area contributed by atoms with Gasteiger partial charge in [-0.1, -0.05) is 32.9 Å². The Balaban J connectivity index is 1.83. The van der Waals surface area contributed by atoms with Crippen LogP contribution in [0.3, 0.4) is 0 Å². The van der Waals surface area contributed by atoms with E-state index in [0.717, 1.165) is 12.8 Å². The van der Waals surface area contributed by atoms with Gasteiger partial charge in [0.15, 0.2) is 5.11 Å². The largest absolute Gasteiger partial charge is 0.494 e. The summed E-state index contributed by atoms with van der Waals surface area (Å²) in [6, 6.07) is 13.7. The van der Waals surface area contributed by atoms with Crippen molar-refractivity contribution in [1.29, 1.82) is 0 Å². The highest BCUT2D eigenvalue weighted by Gasteiger charge is 2.13. The summed E-state index contributed by atoms with van der Waals surface area (Å²) >= 11 is 5.10. The van der Waals surface area contributed by atoms with Crippen LogP contribution in [-0.2, 0) is 0 Å². The zero-order valence-corrected chi connectivity index (χ0v) is 18.9. The molecule has 0 unspecified atom stereocenters. The third kappa shape index (κ3) is 8.25. The predicted molar refractivity (Wildman–Crippen MR) is 124 cm³/mol. The summed E-state index contributed by atoms with van der Waals surface area (Å²) in [5, 5.41) is 2.50.